The van der Waals surface area contributed by atoms with Crippen LogP contribution in [0.25, 0.3) is 0 Å². The van der Waals surface area contributed by atoms with Crippen LogP contribution in [0.15, 0.2) is 41.3 Å². The van der Waals surface area contributed by atoms with Crippen LogP contribution in [0, 0.1) is 0 Å². The number of carbonyl (C=O) groups excluding carboxylic acids is 1. The monoisotopic (exact) mass is 432 g/mol. The van der Waals surface area contributed by atoms with Crippen molar-refractivity contribution in [1.82, 2.24) is 4.72 Å². The van der Waals surface area contributed by atoms with Gasteiger partial charge >= 0.3 is 0 Å². The lowest BCUT2D eigenvalue weighted by Gasteiger charge is -2.16. The fourth-order valence-electron chi connectivity index (χ4n) is 2.20. The molecule has 0 aliphatic rings. The van der Waals surface area contributed by atoms with Gasteiger partial charge in [-0.1, -0.05) is 23.2 Å². The van der Waals surface area contributed by atoms with Gasteiger partial charge in [0.25, 0.3) is 0 Å². The molecular formula is C17H18Cl2N2O5S. The summed E-state index contributed by atoms with van der Waals surface area (Å²) in [5.74, 6) is -0.00119. The molecule has 10 heteroatoms. The summed E-state index contributed by atoms with van der Waals surface area (Å²) < 4.78 is 37.6. The highest BCUT2D eigenvalue weighted by atomic mass is 35.5. The van der Waals surface area contributed by atoms with Gasteiger partial charge in [-0.2, -0.15) is 4.72 Å². The molecule has 0 unspecified atom stereocenters. The molecule has 1 atom stereocenters. The second-order valence-electron chi connectivity index (χ2n) is 5.48. The highest BCUT2D eigenvalue weighted by Gasteiger charge is 2.25. The lowest BCUT2D eigenvalue weighted by Crippen LogP contribution is -2.41. The molecule has 0 fully saturated rings. The third kappa shape index (κ3) is 5.26. The number of hydrogen-bond acceptors (Lipinski definition) is 5. The van der Waals surface area contributed by atoms with Gasteiger partial charge in [-0.15, -0.1) is 0 Å². The summed E-state index contributed by atoms with van der Waals surface area (Å²) in [5.41, 5.74) is 0.400. The predicted octanol–water partition coefficient (Wildman–Crippen LogP) is 3.32. The quantitative estimate of drug-likeness (QED) is 0.699. The zero-order valence-corrected chi connectivity index (χ0v) is 17.1. The smallest absolute Gasteiger partial charge is 0.245 e. The summed E-state index contributed by atoms with van der Waals surface area (Å²) in [5, 5.41) is 3.12. The van der Waals surface area contributed by atoms with Crippen LogP contribution in [0.5, 0.6) is 11.5 Å². The van der Waals surface area contributed by atoms with Crippen LogP contribution in [0.2, 0.25) is 10.0 Å². The standard InChI is InChI=1S/C17H18Cl2N2O5S/c1-10(17(22)20-12-5-7-14(25-2)13(19)9-12)21-27(23,24)16-8-11(18)4-6-15(16)26-3/h4-10,21H,1-3H3,(H,20,22)/t10-/m0/s1. The highest BCUT2D eigenvalue weighted by Crippen LogP contribution is 2.28. The molecule has 0 radical (unpaired) electrons. The lowest BCUT2D eigenvalue weighted by molar-refractivity contribution is -0.117. The average Bonchev–Trinajstić information content (AvgIpc) is 2.61. The minimum atomic E-state index is -4.05. The van der Waals surface area contributed by atoms with E-state index in [-0.39, 0.29) is 15.7 Å². The minimum Gasteiger partial charge on any atom is -0.495 e. The van der Waals surface area contributed by atoms with E-state index in [2.05, 4.69) is 10.0 Å². The van der Waals surface area contributed by atoms with Gasteiger partial charge in [-0.05, 0) is 43.3 Å². The van der Waals surface area contributed by atoms with Crippen LogP contribution in [-0.2, 0) is 14.8 Å². The number of methoxy groups -OCH3 is 2. The van der Waals surface area contributed by atoms with Crippen molar-refractivity contribution in [2.45, 2.75) is 17.9 Å². The molecule has 7 nitrogen and oxygen atoms in total. The van der Waals surface area contributed by atoms with Gasteiger partial charge in [-0.3, -0.25) is 4.79 Å². The fraction of sp³-hybridized carbons (Fsp3) is 0.235. The number of amides is 1. The zero-order chi connectivity index (χ0) is 20.2. The van der Waals surface area contributed by atoms with Crippen LogP contribution in [0.4, 0.5) is 5.69 Å². The molecule has 2 aromatic rings. The minimum absolute atomic E-state index is 0.112. The Morgan fingerprint density at radius 1 is 1.04 bits per heavy atom. The maximum atomic E-state index is 12.6. The third-order valence-corrected chi connectivity index (χ3v) is 5.65. The molecule has 2 aromatic carbocycles. The van der Waals surface area contributed by atoms with Gasteiger partial charge in [0.05, 0.1) is 25.3 Å². The molecule has 0 saturated carbocycles. The van der Waals surface area contributed by atoms with Crippen molar-refractivity contribution >= 4 is 44.8 Å². The normalized spacial score (nSPS) is 12.3. The van der Waals surface area contributed by atoms with Crippen molar-refractivity contribution in [2.24, 2.45) is 0 Å². The van der Waals surface area contributed by atoms with Crippen molar-refractivity contribution in [3.63, 3.8) is 0 Å². The van der Waals surface area contributed by atoms with Crippen molar-refractivity contribution in [3.8, 4) is 11.5 Å². The van der Waals surface area contributed by atoms with Crippen molar-refractivity contribution in [3.05, 3.63) is 46.4 Å². The Kier molecular flexibility index (Phi) is 6.94. The average molecular weight is 433 g/mol. The molecule has 0 aliphatic heterocycles. The Balaban J connectivity index is 2.16. The summed E-state index contributed by atoms with van der Waals surface area (Å²) in [6.07, 6.45) is 0. The Hall–Kier alpha value is -2.00. The molecule has 0 aliphatic carbocycles. The first kappa shape index (κ1) is 21.3. The Bertz CT molecular complexity index is 950. The summed E-state index contributed by atoms with van der Waals surface area (Å²) >= 11 is 11.9. The first-order chi connectivity index (χ1) is 12.7. The molecule has 0 saturated heterocycles. The number of carbonyl (C=O) groups is 1. The van der Waals surface area contributed by atoms with E-state index in [1.54, 1.807) is 12.1 Å². The maximum Gasteiger partial charge on any atom is 0.245 e. The molecule has 27 heavy (non-hydrogen) atoms. The van der Waals surface area contributed by atoms with Crippen LogP contribution in [0.3, 0.4) is 0 Å². The second-order valence-corrected chi connectivity index (χ2v) is 8.00. The molecular weight excluding hydrogens is 415 g/mol. The third-order valence-electron chi connectivity index (χ3n) is 3.56. The van der Waals surface area contributed by atoms with E-state index in [1.165, 1.54) is 45.4 Å². The summed E-state index contributed by atoms with van der Waals surface area (Å²) in [6, 6.07) is 7.78. The van der Waals surface area contributed by atoms with Gasteiger partial charge < -0.3 is 14.8 Å². The Labute approximate surface area is 167 Å². The van der Waals surface area contributed by atoms with E-state index < -0.39 is 22.0 Å². The Morgan fingerprint density at radius 3 is 2.26 bits per heavy atom. The summed E-state index contributed by atoms with van der Waals surface area (Å²) in [7, 11) is -1.24. The Morgan fingerprint density at radius 2 is 1.67 bits per heavy atom. The zero-order valence-electron chi connectivity index (χ0n) is 14.7. The number of halogens is 2. The molecule has 0 aromatic heterocycles. The van der Waals surface area contributed by atoms with E-state index in [4.69, 9.17) is 32.7 Å². The molecule has 0 bridgehead atoms. The van der Waals surface area contributed by atoms with Crippen LogP contribution in [0.1, 0.15) is 6.92 Å². The summed E-state index contributed by atoms with van der Waals surface area (Å²) in [6.45, 7) is 1.41. The fourth-order valence-corrected chi connectivity index (χ4v) is 4.10. The van der Waals surface area contributed by atoms with Crippen LogP contribution < -0.4 is 19.5 Å². The number of sulfonamides is 1. The second kappa shape index (κ2) is 8.79. The molecule has 2 rings (SSSR count). The lowest BCUT2D eigenvalue weighted by atomic mass is 10.2. The van der Waals surface area contributed by atoms with Gasteiger partial charge in [0.15, 0.2) is 0 Å². The molecule has 146 valence electrons. The number of anilines is 1. The molecule has 2 N–H and O–H groups in total. The number of hydrogen-bond donors (Lipinski definition) is 2. The van der Waals surface area contributed by atoms with E-state index in [9.17, 15) is 13.2 Å². The molecule has 0 heterocycles. The van der Waals surface area contributed by atoms with E-state index in [0.29, 0.717) is 16.5 Å². The van der Waals surface area contributed by atoms with Crippen LogP contribution in [-0.4, -0.2) is 34.6 Å². The number of ether oxygens (including phenoxy) is 2. The largest absolute Gasteiger partial charge is 0.495 e. The van der Waals surface area contributed by atoms with Gasteiger partial charge in [-0.25, -0.2) is 8.42 Å². The van der Waals surface area contributed by atoms with E-state index in [1.807, 2.05) is 0 Å². The maximum absolute atomic E-state index is 12.6. The van der Waals surface area contributed by atoms with Gasteiger partial charge in [0.2, 0.25) is 15.9 Å². The highest BCUT2D eigenvalue weighted by molar-refractivity contribution is 7.89. The van der Waals surface area contributed by atoms with Crippen molar-refractivity contribution in [1.29, 1.82) is 0 Å². The van der Waals surface area contributed by atoms with Gasteiger partial charge in [0, 0.05) is 10.7 Å². The molecule has 1 amide bonds. The van der Waals surface area contributed by atoms with E-state index >= 15 is 0 Å². The SMILES string of the molecule is COc1ccc(NC(=O)[C@H](C)NS(=O)(=O)c2cc(Cl)ccc2OC)cc1Cl. The predicted molar refractivity (Wildman–Crippen MR) is 104 cm³/mol. The van der Waals surface area contributed by atoms with Gasteiger partial charge in [0.1, 0.15) is 16.4 Å². The summed E-state index contributed by atoms with van der Waals surface area (Å²) in [4.78, 5) is 12.2. The molecule has 0 spiro atoms. The first-order valence-corrected chi connectivity index (χ1v) is 9.92. The van der Waals surface area contributed by atoms with Crippen molar-refractivity contribution < 1.29 is 22.7 Å². The number of nitrogens with one attached hydrogen (secondary N) is 2. The van der Waals surface area contributed by atoms with Crippen LogP contribution >= 0.6 is 23.2 Å². The number of benzene rings is 2. The van der Waals surface area contributed by atoms with Crippen molar-refractivity contribution in [2.75, 3.05) is 19.5 Å². The topological polar surface area (TPSA) is 93.7 Å². The first-order valence-electron chi connectivity index (χ1n) is 7.68. The van der Waals surface area contributed by atoms with E-state index in [0.717, 1.165) is 0 Å². The number of rotatable bonds is 7.